The van der Waals surface area contributed by atoms with Gasteiger partial charge in [0.1, 0.15) is 23.7 Å². The molecule has 9 rings (SSSR count). The van der Waals surface area contributed by atoms with Crippen LogP contribution in [0.5, 0.6) is 5.75 Å². The molecule has 15 nitrogen and oxygen atoms in total. The standard InChI is InChI=1S/C42H43ClFN9O6/c1-22-18-51(37-10-8-34(48-49-37)39(55)46-24-3-6-25(7-4-24)59-26-5-2-23(17-45)32(43)14-26)13-12-50(22)19-29-30-20-52(21-31(29)30)36-16-28-27(15-33(36)44)41(57)53(42(28)58)35-9-11-38(54)47-40(35)56/h2,5,8,10,14-16,22,24-25,29-31,35H,3-4,6-7,9,11-13,18-21H2,1H3,(H,46,55)(H,47,54,56)/t22-,24-,25-,29?,30-,31+,35?/m0/s1. The Labute approximate surface area is 344 Å². The highest BCUT2D eigenvalue weighted by Crippen LogP contribution is 2.53. The lowest BCUT2D eigenvalue weighted by atomic mass is 9.93. The number of anilines is 2. The second-order valence-corrected chi connectivity index (χ2v) is 17.0. The normalized spacial score (nSPS) is 27.9. The van der Waals surface area contributed by atoms with Crippen molar-refractivity contribution < 1.29 is 33.1 Å². The fraction of sp³-hybridized carbons (Fsp3) is 0.476. The van der Waals surface area contributed by atoms with Crippen molar-refractivity contribution in [2.45, 2.75) is 69.7 Å². The summed E-state index contributed by atoms with van der Waals surface area (Å²) in [6, 6.07) is 12.4. The van der Waals surface area contributed by atoms with Gasteiger partial charge in [-0.05, 0) is 93.2 Å². The van der Waals surface area contributed by atoms with Crippen molar-refractivity contribution in [1.29, 1.82) is 5.26 Å². The Morgan fingerprint density at radius 1 is 0.949 bits per heavy atom. The lowest BCUT2D eigenvalue weighted by Crippen LogP contribution is -2.54. The van der Waals surface area contributed by atoms with Crippen LogP contribution in [0.15, 0.2) is 42.5 Å². The molecule has 5 amide bonds. The minimum Gasteiger partial charge on any atom is -0.490 e. The van der Waals surface area contributed by atoms with Gasteiger partial charge in [0.15, 0.2) is 11.5 Å². The van der Waals surface area contributed by atoms with Gasteiger partial charge < -0.3 is 19.9 Å². The van der Waals surface area contributed by atoms with E-state index in [0.29, 0.717) is 47.2 Å². The monoisotopic (exact) mass is 823 g/mol. The summed E-state index contributed by atoms with van der Waals surface area (Å²) in [6.07, 6.45) is 3.14. The quantitative estimate of drug-likeness (QED) is 0.300. The number of nitriles is 1. The van der Waals surface area contributed by atoms with Gasteiger partial charge in [-0.1, -0.05) is 11.6 Å². The number of rotatable bonds is 9. The van der Waals surface area contributed by atoms with Crippen LogP contribution in [0.4, 0.5) is 15.9 Å². The molecule has 5 heterocycles. The van der Waals surface area contributed by atoms with Crippen LogP contribution in [0, 0.1) is 34.9 Å². The maximum atomic E-state index is 15.5. The van der Waals surface area contributed by atoms with Crippen molar-refractivity contribution in [3.8, 4) is 11.8 Å². The third kappa shape index (κ3) is 7.46. The van der Waals surface area contributed by atoms with Gasteiger partial charge in [0.25, 0.3) is 17.7 Å². The first-order chi connectivity index (χ1) is 28.4. The molecule has 4 aliphatic heterocycles. The smallest absolute Gasteiger partial charge is 0.272 e. The van der Waals surface area contributed by atoms with E-state index in [-0.39, 0.29) is 59.4 Å². The maximum absolute atomic E-state index is 15.5. The van der Waals surface area contributed by atoms with Crippen LogP contribution in [0.3, 0.4) is 0 Å². The number of ether oxygens (including phenoxy) is 1. The Hall–Kier alpha value is -5.66. The molecule has 0 spiro atoms. The number of hydrogen-bond donors (Lipinski definition) is 2. The van der Waals surface area contributed by atoms with Crippen molar-refractivity contribution in [2.24, 2.45) is 17.8 Å². The number of hydrogen-bond acceptors (Lipinski definition) is 12. The average molecular weight is 824 g/mol. The van der Waals surface area contributed by atoms with E-state index in [1.807, 2.05) is 17.0 Å². The summed E-state index contributed by atoms with van der Waals surface area (Å²) in [5, 5.41) is 23.4. The second kappa shape index (κ2) is 15.5. The van der Waals surface area contributed by atoms with Crippen LogP contribution in [-0.2, 0) is 9.59 Å². The number of halogens is 2. The van der Waals surface area contributed by atoms with Gasteiger partial charge in [0.2, 0.25) is 11.8 Å². The maximum Gasteiger partial charge on any atom is 0.272 e. The Kier molecular flexibility index (Phi) is 10.2. The van der Waals surface area contributed by atoms with Crippen LogP contribution in [0.2, 0.25) is 5.02 Å². The molecule has 2 aromatic carbocycles. The molecule has 1 aromatic heterocycles. The highest BCUT2D eigenvalue weighted by Gasteiger charge is 2.57. The number of benzene rings is 2. The van der Waals surface area contributed by atoms with Crippen LogP contribution >= 0.6 is 11.6 Å². The number of imide groups is 2. The number of piperazine rings is 1. The molecule has 3 saturated heterocycles. The number of nitrogens with one attached hydrogen (secondary N) is 2. The van der Waals surface area contributed by atoms with Crippen LogP contribution < -0.4 is 25.2 Å². The number of aromatic nitrogens is 2. The predicted molar refractivity (Wildman–Crippen MR) is 211 cm³/mol. The first kappa shape index (κ1) is 38.8. The summed E-state index contributed by atoms with van der Waals surface area (Å²) < 4.78 is 21.6. The number of carbonyl (C=O) groups excluding carboxylic acids is 5. The van der Waals surface area contributed by atoms with Crippen LogP contribution in [-0.4, -0.2) is 113 Å². The van der Waals surface area contributed by atoms with Crippen molar-refractivity contribution in [3.63, 3.8) is 0 Å². The van der Waals surface area contributed by atoms with Crippen molar-refractivity contribution in [3.05, 3.63) is 75.7 Å². The predicted octanol–water partition coefficient (Wildman–Crippen LogP) is 3.55. The molecule has 306 valence electrons. The van der Waals surface area contributed by atoms with E-state index in [1.54, 1.807) is 24.3 Å². The molecule has 2 unspecified atom stereocenters. The SMILES string of the molecule is C[C@H]1CN(c2ccc(C(=O)N[C@H]3CC[C@H](Oc4ccc(C#N)c(Cl)c4)CC3)nn2)CCN1CC1[C@H]2CN(c3cc4c(cc3F)C(=O)N(C3CCC(=O)NC3=O)C4=O)C[C@@H]12. The van der Waals surface area contributed by atoms with Gasteiger partial charge in [-0.2, -0.15) is 5.26 Å². The summed E-state index contributed by atoms with van der Waals surface area (Å²) in [6.45, 7) is 6.80. The van der Waals surface area contributed by atoms with E-state index in [2.05, 4.69) is 37.6 Å². The minimum atomic E-state index is -1.10. The van der Waals surface area contributed by atoms with Crippen molar-refractivity contribution in [2.75, 3.05) is 49.1 Å². The Bertz CT molecular complexity index is 2270. The number of fused-ring (bicyclic) bond motifs is 2. The fourth-order valence-electron chi connectivity index (χ4n) is 9.64. The number of amides is 5. The molecule has 5 fully saturated rings. The zero-order chi connectivity index (χ0) is 41.1. The van der Waals surface area contributed by atoms with E-state index in [0.717, 1.165) is 68.6 Å². The topological polar surface area (TPSA) is 181 Å². The highest BCUT2D eigenvalue weighted by molar-refractivity contribution is 6.31. The molecule has 3 aromatic rings. The summed E-state index contributed by atoms with van der Waals surface area (Å²) in [5.74, 6) is -0.724. The molecule has 6 aliphatic rings. The third-order valence-electron chi connectivity index (χ3n) is 13.0. The largest absolute Gasteiger partial charge is 0.490 e. The number of carbonyl (C=O) groups is 5. The van der Waals surface area contributed by atoms with Gasteiger partial charge in [-0.3, -0.25) is 39.1 Å². The first-order valence-electron chi connectivity index (χ1n) is 20.3. The van der Waals surface area contributed by atoms with Gasteiger partial charge >= 0.3 is 0 Å². The Balaban J connectivity index is 0.725. The molecule has 0 radical (unpaired) electrons. The van der Waals surface area contributed by atoms with E-state index < -0.39 is 35.5 Å². The molecular formula is C42H43ClFN9O6. The van der Waals surface area contributed by atoms with Gasteiger partial charge in [0, 0.05) is 63.8 Å². The van der Waals surface area contributed by atoms with Crippen molar-refractivity contribution >= 4 is 52.6 Å². The van der Waals surface area contributed by atoms with E-state index >= 15 is 4.39 Å². The summed E-state index contributed by atoms with van der Waals surface area (Å²) in [4.78, 5) is 71.1. The average Bonchev–Trinajstić information content (AvgIpc) is 3.53. The lowest BCUT2D eigenvalue weighted by molar-refractivity contribution is -0.136. The summed E-state index contributed by atoms with van der Waals surface area (Å²) in [5.41, 5.74) is 0.984. The first-order valence-corrected chi connectivity index (χ1v) is 20.6. The second-order valence-electron chi connectivity index (χ2n) is 16.6. The van der Waals surface area contributed by atoms with Gasteiger partial charge in [0.05, 0.1) is 33.5 Å². The molecule has 59 heavy (non-hydrogen) atoms. The van der Waals surface area contributed by atoms with Crippen LogP contribution in [0.1, 0.15) is 82.2 Å². The number of piperidine rings is 2. The lowest BCUT2D eigenvalue weighted by Gasteiger charge is -2.40. The fourth-order valence-corrected chi connectivity index (χ4v) is 9.85. The minimum absolute atomic E-state index is 0.00323. The molecule has 2 N–H and O–H groups in total. The van der Waals surface area contributed by atoms with E-state index in [9.17, 15) is 24.0 Å². The summed E-state index contributed by atoms with van der Waals surface area (Å²) in [7, 11) is 0. The van der Waals surface area contributed by atoms with Crippen molar-refractivity contribution in [1.82, 2.24) is 30.6 Å². The van der Waals surface area contributed by atoms with E-state index in [1.165, 1.54) is 6.07 Å². The van der Waals surface area contributed by atoms with Gasteiger partial charge in [-0.25, -0.2) is 4.39 Å². The molecule has 2 saturated carbocycles. The zero-order valence-corrected chi connectivity index (χ0v) is 33.2. The molecule has 0 bridgehead atoms. The van der Waals surface area contributed by atoms with Gasteiger partial charge in [-0.15, -0.1) is 10.2 Å². The molecule has 17 heteroatoms. The Morgan fingerprint density at radius 2 is 1.69 bits per heavy atom. The summed E-state index contributed by atoms with van der Waals surface area (Å²) >= 11 is 6.14. The molecule has 5 atom stereocenters. The highest BCUT2D eigenvalue weighted by atomic mass is 35.5. The van der Waals surface area contributed by atoms with Crippen LogP contribution in [0.25, 0.3) is 0 Å². The Morgan fingerprint density at radius 3 is 2.36 bits per heavy atom. The zero-order valence-electron chi connectivity index (χ0n) is 32.4. The third-order valence-corrected chi connectivity index (χ3v) is 13.3. The van der Waals surface area contributed by atoms with E-state index in [4.69, 9.17) is 21.6 Å². The number of nitrogens with zero attached hydrogens (tertiary/aromatic N) is 7. The molecular weight excluding hydrogens is 781 g/mol. The molecule has 2 aliphatic carbocycles.